The fourth-order valence-corrected chi connectivity index (χ4v) is 3.99. The van der Waals surface area contributed by atoms with E-state index in [1.165, 1.54) is 11.8 Å². The maximum Gasteiger partial charge on any atom is 0.338 e. The van der Waals surface area contributed by atoms with E-state index in [4.69, 9.17) is 14.2 Å². The molecule has 138 valence electrons. The number of amidine groups is 1. The molecular formula is C18H20N2O5S. The van der Waals surface area contributed by atoms with Crippen LogP contribution in [-0.4, -0.2) is 48.5 Å². The molecule has 0 N–H and O–H groups in total. The maximum absolute atomic E-state index is 12.6. The molecule has 3 rings (SSSR count). The van der Waals surface area contributed by atoms with Gasteiger partial charge in [0.05, 0.1) is 43.9 Å². The molecular weight excluding hydrogens is 356 g/mol. The summed E-state index contributed by atoms with van der Waals surface area (Å²) in [5, 5.41) is 0.598. The summed E-state index contributed by atoms with van der Waals surface area (Å²) in [7, 11) is 3.09. The number of allylic oxidation sites excluding steroid dienone is 1. The summed E-state index contributed by atoms with van der Waals surface area (Å²) in [5.41, 5.74) is 1.64. The van der Waals surface area contributed by atoms with E-state index in [2.05, 4.69) is 4.99 Å². The van der Waals surface area contributed by atoms with Crippen LogP contribution in [0.5, 0.6) is 11.5 Å². The number of carbonyl (C=O) groups excluding carboxylic acids is 2. The Balaban J connectivity index is 2.15. The molecule has 0 bridgehead atoms. The van der Waals surface area contributed by atoms with E-state index in [1.54, 1.807) is 45.1 Å². The van der Waals surface area contributed by atoms with Gasteiger partial charge in [-0.05, 0) is 31.5 Å². The standard InChI is InChI=1S/C18H20N2O5S/c1-5-25-17(22)15-10(2)19-18-20(14(21)9-26-18)16(15)11-6-7-12(23-3)13(8-11)24-4/h6-8,16H,5,9H2,1-4H3. The van der Waals surface area contributed by atoms with Crippen molar-refractivity contribution in [2.45, 2.75) is 19.9 Å². The lowest BCUT2D eigenvalue weighted by molar-refractivity contribution is -0.139. The Labute approximate surface area is 156 Å². The van der Waals surface area contributed by atoms with Crippen LogP contribution in [0.4, 0.5) is 0 Å². The summed E-state index contributed by atoms with van der Waals surface area (Å²) in [5.74, 6) is 0.822. The van der Waals surface area contributed by atoms with Crippen LogP contribution in [0, 0.1) is 0 Å². The normalized spacial score (nSPS) is 19.2. The molecule has 26 heavy (non-hydrogen) atoms. The van der Waals surface area contributed by atoms with Gasteiger partial charge in [0.1, 0.15) is 0 Å². The molecule has 1 atom stereocenters. The van der Waals surface area contributed by atoms with Crippen LogP contribution < -0.4 is 9.47 Å². The Morgan fingerprint density at radius 1 is 1.31 bits per heavy atom. The van der Waals surface area contributed by atoms with Crippen molar-refractivity contribution < 1.29 is 23.8 Å². The van der Waals surface area contributed by atoms with Gasteiger partial charge in [0.25, 0.3) is 0 Å². The SMILES string of the molecule is CCOC(=O)C1=C(C)N=C2SCC(=O)N2C1c1ccc(OC)c(OC)c1. The molecule has 1 fully saturated rings. The quantitative estimate of drug-likeness (QED) is 0.735. The largest absolute Gasteiger partial charge is 0.493 e. The molecule has 2 heterocycles. The molecule has 0 radical (unpaired) electrons. The first-order valence-corrected chi connectivity index (χ1v) is 9.13. The average Bonchev–Trinajstić information content (AvgIpc) is 3.00. The summed E-state index contributed by atoms with van der Waals surface area (Å²) in [6, 6.07) is 4.74. The van der Waals surface area contributed by atoms with Gasteiger partial charge >= 0.3 is 5.97 Å². The van der Waals surface area contributed by atoms with Gasteiger partial charge < -0.3 is 14.2 Å². The lowest BCUT2D eigenvalue weighted by Gasteiger charge is -2.33. The Kier molecular flexibility index (Phi) is 5.22. The van der Waals surface area contributed by atoms with Crippen LogP contribution in [0.2, 0.25) is 0 Å². The lowest BCUT2D eigenvalue weighted by Crippen LogP contribution is -2.39. The molecule has 1 amide bonds. The number of esters is 1. The summed E-state index contributed by atoms with van der Waals surface area (Å²) in [4.78, 5) is 31.1. The molecule has 1 unspecified atom stereocenters. The minimum Gasteiger partial charge on any atom is -0.493 e. The van der Waals surface area contributed by atoms with Crippen molar-refractivity contribution in [2.24, 2.45) is 4.99 Å². The van der Waals surface area contributed by atoms with Gasteiger partial charge in [-0.2, -0.15) is 0 Å². The van der Waals surface area contributed by atoms with Crippen molar-refractivity contribution in [1.82, 2.24) is 4.90 Å². The van der Waals surface area contributed by atoms with Crippen molar-refractivity contribution in [3.8, 4) is 11.5 Å². The second kappa shape index (κ2) is 7.41. The predicted octanol–water partition coefficient (Wildman–Crippen LogP) is 2.53. The average molecular weight is 376 g/mol. The van der Waals surface area contributed by atoms with Crippen molar-refractivity contribution in [3.63, 3.8) is 0 Å². The van der Waals surface area contributed by atoms with Gasteiger partial charge in [-0.15, -0.1) is 0 Å². The number of hydrogen-bond donors (Lipinski definition) is 0. The van der Waals surface area contributed by atoms with E-state index in [0.29, 0.717) is 33.7 Å². The van der Waals surface area contributed by atoms with Gasteiger partial charge in [0, 0.05) is 0 Å². The Morgan fingerprint density at radius 2 is 2.04 bits per heavy atom. The highest BCUT2D eigenvalue weighted by atomic mass is 32.2. The van der Waals surface area contributed by atoms with Crippen LogP contribution in [0.1, 0.15) is 25.5 Å². The minimum atomic E-state index is -0.608. The lowest BCUT2D eigenvalue weighted by atomic mass is 9.94. The molecule has 0 aromatic heterocycles. The number of thioether (sulfide) groups is 1. The maximum atomic E-state index is 12.6. The van der Waals surface area contributed by atoms with Crippen LogP contribution in [0.25, 0.3) is 0 Å². The van der Waals surface area contributed by atoms with Crippen LogP contribution >= 0.6 is 11.8 Å². The molecule has 7 nitrogen and oxygen atoms in total. The summed E-state index contributed by atoms with van der Waals surface area (Å²) in [6.45, 7) is 3.74. The van der Waals surface area contributed by atoms with E-state index in [-0.39, 0.29) is 12.5 Å². The third kappa shape index (κ3) is 3.05. The Bertz CT molecular complexity index is 818. The Hall–Kier alpha value is -2.48. The fraction of sp³-hybridized carbons (Fsp3) is 0.389. The van der Waals surface area contributed by atoms with E-state index in [9.17, 15) is 9.59 Å². The number of rotatable bonds is 5. The highest BCUT2D eigenvalue weighted by molar-refractivity contribution is 8.15. The molecule has 2 aliphatic heterocycles. The number of aliphatic imine (C=N–C) groups is 1. The second-order valence-corrected chi connectivity index (χ2v) is 6.63. The van der Waals surface area contributed by atoms with Gasteiger partial charge in [0.2, 0.25) is 5.91 Å². The number of methoxy groups -OCH3 is 2. The summed E-state index contributed by atoms with van der Waals surface area (Å²) < 4.78 is 15.9. The second-order valence-electron chi connectivity index (χ2n) is 5.68. The predicted molar refractivity (Wildman–Crippen MR) is 98.4 cm³/mol. The smallest absolute Gasteiger partial charge is 0.338 e. The molecule has 8 heteroatoms. The first-order valence-electron chi connectivity index (χ1n) is 8.15. The third-order valence-corrected chi connectivity index (χ3v) is 5.14. The molecule has 1 aromatic rings. The van der Waals surface area contributed by atoms with Crippen LogP contribution in [0.3, 0.4) is 0 Å². The monoisotopic (exact) mass is 376 g/mol. The number of carbonyl (C=O) groups is 2. The number of amides is 1. The molecule has 0 aliphatic carbocycles. The molecule has 1 aromatic carbocycles. The number of nitrogens with zero attached hydrogens (tertiary/aromatic N) is 2. The van der Waals surface area contributed by atoms with Gasteiger partial charge in [-0.3, -0.25) is 9.69 Å². The van der Waals surface area contributed by atoms with E-state index < -0.39 is 12.0 Å². The molecule has 0 saturated carbocycles. The van der Waals surface area contributed by atoms with Gasteiger partial charge in [-0.25, -0.2) is 9.79 Å². The zero-order valence-electron chi connectivity index (χ0n) is 15.1. The number of benzene rings is 1. The van der Waals surface area contributed by atoms with Crippen molar-refractivity contribution in [3.05, 3.63) is 35.0 Å². The molecule has 0 spiro atoms. The van der Waals surface area contributed by atoms with Crippen LogP contribution in [0.15, 0.2) is 34.5 Å². The van der Waals surface area contributed by atoms with Gasteiger partial charge in [-0.1, -0.05) is 17.8 Å². The minimum absolute atomic E-state index is 0.0946. The highest BCUT2D eigenvalue weighted by Gasteiger charge is 2.43. The van der Waals surface area contributed by atoms with Crippen molar-refractivity contribution >= 4 is 28.8 Å². The number of hydrogen-bond acceptors (Lipinski definition) is 7. The van der Waals surface area contributed by atoms with Crippen molar-refractivity contribution in [2.75, 3.05) is 26.6 Å². The van der Waals surface area contributed by atoms with Crippen molar-refractivity contribution in [1.29, 1.82) is 0 Å². The zero-order valence-corrected chi connectivity index (χ0v) is 15.9. The molecule has 2 aliphatic rings. The fourth-order valence-electron chi connectivity index (χ4n) is 3.05. The summed E-state index contributed by atoms with van der Waals surface area (Å²) >= 11 is 1.37. The molecule has 1 saturated heterocycles. The number of ether oxygens (including phenoxy) is 3. The van der Waals surface area contributed by atoms with Gasteiger partial charge in [0.15, 0.2) is 16.7 Å². The number of fused-ring (bicyclic) bond motifs is 1. The highest BCUT2D eigenvalue weighted by Crippen LogP contribution is 2.43. The van der Waals surface area contributed by atoms with E-state index in [0.717, 1.165) is 5.56 Å². The third-order valence-electron chi connectivity index (χ3n) is 4.20. The summed E-state index contributed by atoms with van der Waals surface area (Å²) in [6.07, 6.45) is 0. The van der Waals surface area contributed by atoms with E-state index >= 15 is 0 Å². The Morgan fingerprint density at radius 3 is 2.69 bits per heavy atom. The van der Waals surface area contributed by atoms with Crippen LogP contribution in [-0.2, 0) is 14.3 Å². The zero-order chi connectivity index (χ0) is 18.8. The van der Waals surface area contributed by atoms with E-state index in [1.807, 2.05) is 6.07 Å². The topological polar surface area (TPSA) is 77.4 Å². The first kappa shape index (κ1) is 18.3. The first-order chi connectivity index (χ1) is 12.5.